The van der Waals surface area contributed by atoms with Gasteiger partial charge in [-0.05, 0) is 11.5 Å². The summed E-state index contributed by atoms with van der Waals surface area (Å²) < 4.78 is 1.85. The molecule has 1 aromatic heterocycles. The third-order valence-corrected chi connectivity index (χ3v) is 3.25. The van der Waals surface area contributed by atoms with Crippen LogP contribution in [0.3, 0.4) is 0 Å². The first kappa shape index (κ1) is 12.8. The molecule has 0 aliphatic carbocycles. The van der Waals surface area contributed by atoms with Crippen LogP contribution < -0.4 is 5.32 Å². The van der Waals surface area contributed by atoms with E-state index in [0.29, 0.717) is 6.04 Å². The van der Waals surface area contributed by atoms with E-state index in [1.165, 1.54) is 10.8 Å². The van der Waals surface area contributed by atoms with Crippen LogP contribution in [0.5, 0.6) is 0 Å². The molecule has 1 heterocycles. The van der Waals surface area contributed by atoms with E-state index in [-0.39, 0.29) is 0 Å². The second kappa shape index (κ2) is 5.43. The molecule has 0 aliphatic rings. The molecule has 0 aliphatic heterocycles. The summed E-state index contributed by atoms with van der Waals surface area (Å²) in [5.74, 6) is 0. The summed E-state index contributed by atoms with van der Waals surface area (Å²) in [6.45, 7) is 4.98. The minimum absolute atomic E-state index is 0.442. The summed E-state index contributed by atoms with van der Waals surface area (Å²) in [6.07, 6.45) is 1.98. The Balaban J connectivity index is 1.95. The van der Waals surface area contributed by atoms with E-state index in [2.05, 4.69) is 53.7 Å². The predicted molar refractivity (Wildman–Crippen MR) is 80.8 cm³/mol. The summed E-state index contributed by atoms with van der Waals surface area (Å²) in [4.78, 5) is 0. The molecule has 0 saturated carbocycles. The van der Waals surface area contributed by atoms with Gasteiger partial charge in [0, 0.05) is 18.0 Å². The topological polar surface area (TPSA) is 42.7 Å². The van der Waals surface area contributed by atoms with Gasteiger partial charge in [-0.2, -0.15) is 0 Å². The molecular formula is C16H18N4. The zero-order valence-corrected chi connectivity index (χ0v) is 11.7. The van der Waals surface area contributed by atoms with Gasteiger partial charge in [0.15, 0.2) is 0 Å². The van der Waals surface area contributed by atoms with Crippen molar-refractivity contribution in [3.05, 3.63) is 54.4 Å². The first-order valence-electron chi connectivity index (χ1n) is 6.87. The largest absolute Gasteiger partial charge is 0.309 e. The maximum Gasteiger partial charge on any atom is 0.0969 e. The van der Waals surface area contributed by atoms with Crippen molar-refractivity contribution in [2.24, 2.45) is 0 Å². The van der Waals surface area contributed by atoms with Crippen LogP contribution in [0.2, 0.25) is 0 Å². The second-order valence-electron chi connectivity index (χ2n) is 5.19. The van der Waals surface area contributed by atoms with Gasteiger partial charge in [0.25, 0.3) is 0 Å². The number of aromatic nitrogens is 3. The number of rotatable bonds is 4. The molecule has 0 amide bonds. The van der Waals surface area contributed by atoms with Crippen LogP contribution in [0.25, 0.3) is 16.5 Å². The Kier molecular flexibility index (Phi) is 3.48. The molecule has 0 unspecified atom stereocenters. The number of hydrogen-bond donors (Lipinski definition) is 1. The molecule has 0 radical (unpaired) electrons. The molecule has 0 bridgehead atoms. The molecule has 1 N–H and O–H groups in total. The fourth-order valence-electron chi connectivity index (χ4n) is 2.21. The lowest BCUT2D eigenvalue weighted by Crippen LogP contribution is -2.21. The summed E-state index contributed by atoms with van der Waals surface area (Å²) in [5.41, 5.74) is 2.01. The number of fused-ring (bicyclic) bond motifs is 1. The zero-order chi connectivity index (χ0) is 13.9. The van der Waals surface area contributed by atoms with Crippen molar-refractivity contribution in [2.75, 3.05) is 0 Å². The zero-order valence-electron chi connectivity index (χ0n) is 11.7. The monoisotopic (exact) mass is 266 g/mol. The predicted octanol–water partition coefficient (Wildman–Crippen LogP) is 2.92. The smallest absolute Gasteiger partial charge is 0.0969 e. The highest BCUT2D eigenvalue weighted by Gasteiger charge is 2.06. The Morgan fingerprint density at radius 2 is 1.90 bits per heavy atom. The molecule has 4 nitrogen and oxygen atoms in total. The van der Waals surface area contributed by atoms with Crippen molar-refractivity contribution >= 4 is 10.8 Å². The van der Waals surface area contributed by atoms with E-state index in [1.54, 1.807) is 0 Å². The molecule has 20 heavy (non-hydrogen) atoms. The van der Waals surface area contributed by atoms with Gasteiger partial charge in [-0.15, -0.1) is 5.10 Å². The van der Waals surface area contributed by atoms with Crippen LogP contribution in [0.1, 0.15) is 19.5 Å². The van der Waals surface area contributed by atoms with Gasteiger partial charge in [-0.1, -0.05) is 55.5 Å². The van der Waals surface area contributed by atoms with E-state index < -0.39 is 0 Å². The van der Waals surface area contributed by atoms with Crippen molar-refractivity contribution in [1.29, 1.82) is 0 Å². The van der Waals surface area contributed by atoms with Crippen molar-refractivity contribution in [3.8, 4) is 5.69 Å². The molecule has 0 spiro atoms. The highest BCUT2D eigenvalue weighted by Crippen LogP contribution is 2.21. The molecule has 3 rings (SSSR count). The summed E-state index contributed by atoms with van der Waals surface area (Å²) in [6, 6.07) is 15.0. The maximum atomic E-state index is 4.24. The van der Waals surface area contributed by atoms with Crippen molar-refractivity contribution < 1.29 is 0 Å². The first-order valence-corrected chi connectivity index (χ1v) is 6.87. The Morgan fingerprint density at radius 1 is 1.10 bits per heavy atom. The van der Waals surface area contributed by atoms with E-state index in [4.69, 9.17) is 0 Å². The van der Waals surface area contributed by atoms with Gasteiger partial charge in [0.1, 0.15) is 0 Å². The molecular weight excluding hydrogens is 248 g/mol. The lowest BCUT2D eigenvalue weighted by Gasteiger charge is -2.05. The quantitative estimate of drug-likeness (QED) is 0.789. The van der Waals surface area contributed by atoms with Crippen LogP contribution in [-0.2, 0) is 6.54 Å². The fraction of sp³-hybridized carbons (Fsp3) is 0.250. The van der Waals surface area contributed by atoms with Crippen LogP contribution in [0.4, 0.5) is 0 Å². The van der Waals surface area contributed by atoms with Gasteiger partial charge in [-0.25, -0.2) is 4.68 Å². The minimum atomic E-state index is 0.442. The van der Waals surface area contributed by atoms with Gasteiger partial charge in [-0.3, -0.25) is 0 Å². The molecule has 0 atom stereocenters. The van der Waals surface area contributed by atoms with Crippen LogP contribution >= 0.6 is 0 Å². The molecule has 0 fully saturated rings. The summed E-state index contributed by atoms with van der Waals surface area (Å²) in [5, 5.41) is 14.2. The molecule has 2 aromatic carbocycles. The standard InChI is InChI=1S/C16H18N4/c1-12(2)17-10-14-11-20(19-18-14)16-9-5-7-13-6-3-4-8-15(13)16/h3-9,11-12,17H,10H2,1-2H3. The number of hydrogen-bond acceptors (Lipinski definition) is 3. The Bertz CT molecular complexity index is 710. The number of nitrogens with zero attached hydrogens (tertiary/aromatic N) is 3. The average Bonchev–Trinajstić information content (AvgIpc) is 2.93. The SMILES string of the molecule is CC(C)NCc1cn(-c2cccc3ccccc23)nn1. The van der Waals surface area contributed by atoms with Gasteiger partial charge < -0.3 is 5.32 Å². The Morgan fingerprint density at radius 3 is 2.75 bits per heavy atom. The van der Waals surface area contributed by atoms with E-state index in [0.717, 1.165) is 17.9 Å². The van der Waals surface area contributed by atoms with Crippen LogP contribution in [0.15, 0.2) is 48.7 Å². The third kappa shape index (κ3) is 2.56. The normalized spacial score (nSPS) is 11.3. The van der Waals surface area contributed by atoms with E-state index in [1.807, 2.05) is 29.1 Å². The Labute approximate surface area is 118 Å². The van der Waals surface area contributed by atoms with E-state index >= 15 is 0 Å². The number of nitrogens with one attached hydrogen (secondary N) is 1. The van der Waals surface area contributed by atoms with Crippen molar-refractivity contribution in [3.63, 3.8) is 0 Å². The highest BCUT2D eigenvalue weighted by molar-refractivity contribution is 5.89. The lowest BCUT2D eigenvalue weighted by molar-refractivity contribution is 0.580. The third-order valence-electron chi connectivity index (χ3n) is 3.25. The Hall–Kier alpha value is -2.20. The second-order valence-corrected chi connectivity index (χ2v) is 5.19. The van der Waals surface area contributed by atoms with Crippen LogP contribution in [0, 0.1) is 0 Å². The highest BCUT2D eigenvalue weighted by atomic mass is 15.4. The molecule has 3 aromatic rings. The van der Waals surface area contributed by atoms with E-state index in [9.17, 15) is 0 Å². The van der Waals surface area contributed by atoms with Crippen molar-refractivity contribution in [2.45, 2.75) is 26.4 Å². The first-order chi connectivity index (χ1) is 9.74. The minimum Gasteiger partial charge on any atom is -0.309 e. The lowest BCUT2D eigenvalue weighted by atomic mass is 10.1. The fourth-order valence-corrected chi connectivity index (χ4v) is 2.21. The summed E-state index contributed by atoms with van der Waals surface area (Å²) >= 11 is 0. The molecule has 0 saturated heterocycles. The van der Waals surface area contributed by atoms with Crippen LogP contribution in [-0.4, -0.2) is 21.0 Å². The van der Waals surface area contributed by atoms with Gasteiger partial charge in [0.05, 0.1) is 17.6 Å². The molecule has 102 valence electrons. The number of benzene rings is 2. The van der Waals surface area contributed by atoms with Gasteiger partial charge >= 0.3 is 0 Å². The molecule has 4 heteroatoms. The van der Waals surface area contributed by atoms with Gasteiger partial charge in [0.2, 0.25) is 0 Å². The average molecular weight is 266 g/mol. The summed E-state index contributed by atoms with van der Waals surface area (Å²) in [7, 11) is 0. The van der Waals surface area contributed by atoms with Crippen molar-refractivity contribution in [1.82, 2.24) is 20.3 Å². The maximum absolute atomic E-state index is 4.24.